The summed E-state index contributed by atoms with van der Waals surface area (Å²) in [7, 11) is 1.50. The Morgan fingerprint density at radius 2 is 1.92 bits per heavy atom. The van der Waals surface area contributed by atoms with E-state index in [2.05, 4.69) is 10.4 Å². The van der Waals surface area contributed by atoms with Crippen LogP contribution in [0.25, 0.3) is 0 Å². The van der Waals surface area contributed by atoms with Crippen molar-refractivity contribution < 1.29 is 9.59 Å². The molecule has 2 heterocycles. The van der Waals surface area contributed by atoms with Crippen molar-refractivity contribution in [3.63, 3.8) is 0 Å². The summed E-state index contributed by atoms with van der Waals surface area (Å²) < 4.78 is 1.13. The Morgan fingerprint density at radius 3 is 2.64 bits per heavy atom. The van der Waals surface area contributed by atoms with Crippen molar-refractivity contribution in [1.82, 2.24) is 20.0 Å². The average molecular weight is 340 g/mol. The van der Waals surface area contributed by atoms with Crippen LogP contribution < -0.4 is 10.9 Å². The quantitative estimate of drug-likeness (QED) is 0.896. The largest absolute Gasteiger partial charge is 0.346 e. The predicted molar refractivity (Wildman–Crippen MR) is 92.3 cm³/mol. The first-order chi connectivity index (χ1) is 12.0. The van der Waals surface area contributed by atoms with Gasteiger partial charge in [0, 0.05) is 37.8 Å². The number of nitrogens with one attached hydrogen (secondary N) is 1. The molecule has 0 bridgehead atoms. The lowest BCUT2D eigenvalue weighted by Gasteiger charge is -2.33. The topological polar surface area (TPSA) is 84.3 Å². The van der Waals surface area contributed by atoms with Crippen LogP contribution in [0.15, 0.2) is 47.3 Å². The van der Waals surface area contributed by atoms with Gasteiger partial charge in [-0.05, 0) is 31.0 Å². The fraction of sp³-hybridized carbons (Fsp3) is 0.333. The van der Waals surface area contributed by atoms with Crippen LogP contribution in [0.4, 0.5) is 0 Å². The van der Waals surface area contributed by atoms with E-state index < -0.39 is 0 Å². The summed E-state index contributed by atoms with van der Waals surface area (Å²) >= 11 is 0. The number of carbonyl (C=O) groups excluding carboxylic acids is 2. The van der Waals surface area contributed by atoms with Crippen molar-refractivity contribution in [2.24, 2.45) is 7.05 Å². The second-order valence-corrected chi connectivity index (χ2v) is 6.11. The SMILES string of the molecule is Cn1nc(C(=O)N[C@@H]2CCCN(C(=O)c3ccccc3)C2)ccc1=O. The minimum atomic E-state index is -0.338. The zero-order valence-corrected chi connectivity index (χ0v) is 14.0. The molecule has 0 spiro atoms. The van der Waals surface area contributed by atoms with E-state index in [0.29, 0.717) is 18.7 Å². The third kappa shape index (κ3) is 3.93. The zero-order chi connectivity index (χ0) is 17.8. The van der Waals surface area contributed by atoms with Crippen molar-refractivity contribution in [3.05, 3.63) is 64.1 Å². The van der Waals surface area contributed by atoms with Crippen molar-refractivity contribution in [3.8, 4) is 0 Å². The first-order valence-corrected chi connectivity index (χ1v) is 8.24. The summed E-state index contributed by atoms with van der Waals surface area (Å²) in [5, 5.41) is 6.86. The molecule has 1 atom stereocenters. The minimum Gasteiger partial charge on any atom is -0.346 e. The van der Waals surface area contributed by atoms with Crippen molar-refractivity contribution in [2.45, 2.75) is 18.9 Å². The summed E-state index contributed by atoms with van der Waals surface area (Å²) in [4.78, 5) is 38.0. The Kier molecular flexibility index (Phi) is 4.92. The van der Waals surface area contributed by atoms with Crippen LogP contribution >= 0.6 is 0 Å². The maximum absolute atomic E-state index is 12.5. The maximum Gasteiger partial charge on any atom is 0.272 e. The molecule has 0 aliphatic carbocycles. The molecule has 2 amide bonds. The minimum absolute atomic E-state index is 0.0280. The number of amides is 2. The lowest BCUT2D eigenvalue weighted by Crippen LogP contribution is -2.49. The van der Waals surface area contributed by atoms with Gasteiger partial charge in [0.05, 0.1) is 0 Å². The molecule has 0 saturated carbocycles. The second kappa shape index (κ2) is 7.29. The average Bonchev–Trinajstić information content (AvgIpc) is 2.64. The first kappa shape index (κ1) is 16.9. The van der Waals surface area contributed by atoms with Crippen LogP contribution in [0.1, 0.15) is 33.7 Å². The van der Waals surface area contributed by atoms with Crippen LogP contribution in [0.5, 0.6) is 0 Å². The van der Waals surface area contributed by atoms with E-state index in [1.165, 1.54) is 19.2 Å². The summed E-state index contributed by atoms with van der Waals surface area (Å²) in [5.41, 5.74) is 0.566. The number of carbonyl (C=O) groups is 2. The van der Waals surface area contributed by atoms with Gasteiger partial charge in [-0.15, -0.1) is 0 Å². The highest BCUT2D eigenvalue weighted by Gasteiger charge is 2.26. The standard InChI is InChI=1S/C18H20N4O3/c1-21-16(23)10-9-15(20-21)17(24)19-14-8-5-11-22(12-14)18(25)13-6-3-2-4-7-13/h2-4,6-7,9-10,14H,5,8,11-12H2,1H3,(H,19,24)/t14-/m1/s1. The normalized spacial score (nSPS) is 17.2. The van der Waals surface area contributed by atoms with Crippen LogP contribution in [0, 0.1) is 0 Å². The molecule has 1 fully saturated rings. The van der Waals surface area contributed by atoms with Gasteiger partial charge in [0.15, 0.2) is 0 Å². The van der Waals surface area contributed by atoms with Crippen LogP contribution in [0.3, 0.4) is 0 Å². The van der Waals surface area contributed by atoms with Gasteiger partial charge in [0.2, 0.25) is 0 Å². The lowest BCUT2D eigenvalue weighted by molar-refractivity contribution is 0.0675. The van der Waals surface area contributed by atoms with Gasteiger partial charge in [0.25, 0.3) is 17.4 Å². The van der Waals surface area contributed by atoms with Gasteiger partial charge < -0.3 is 10.2 Å². The molecule has 0 unspecified atom stereocenters. The number of nitrogens with zero attached hydrogens (tertiary/aromatic N) is 3. The van der Waals surface area contributed by atoms with Crippen molar-refractivity contribution >= 4 is 11.8 Å². The van der Waals surface area contributed by atoms with Gasteiger partial charge in [-0.1, -0.05) is 18.2 Å². The molecular formula is C18H20N4O3. The molecule has 1 aliphatic rings. The molecule has 1 aliphatic heterocycles. The molecular weight excluding hydrogens is 320 g/mol. The van der Waals surface area contributed by atoms with E-state index in [4.69, 9.17) is 0 Å². The second-order valence-electron chi connectivity index (χ2n) is 6.11. The number of rotatable bonds is 3. The molecule has 1 aromatic heterocycles. The molecule has 1 saturated heterocycles. The number of hydrogen-bond acceptors (Lipinski definition) is 4. The van der Waals surface area contributed by atoms with Crippen LogP contribution in [-0.4, -0.2) is 45.6 Å². The van der Waals surface area contributed by atoms with Gasteiger partial charge in [-0.2, -0.15) is 5.10 Å². The summed E-state index contributed by atoms with van der Waals surface area (Å²) in [6, 6.07) is 11.7. The molecule has 1 aromatic carbocycles. The van der Waals surface area contributed by atoms with E-state index in [9.17, 15) is 14.4 Å². The monoisotopic (exact) mass is 340 g/mol. The lowest BCUT2D eigenvalue weighted by atomic mass is 10.0. The molecule has 2 aromatic rings. The Balaban J connectivity index is 1.65. The zero-order valence-electron chi connectivity index (χ0n) is 14.0. The Hall–Kier alpha value is -2.96. The highest BCUT2D eigenvalue weighted by Crippen LogP contribution is 2.14. The van der Waals surface area contributed by atoms with Crippen LogP contribution in [0.2, 0.25) is 0 Å². The van der Waals surface area contributed by atoms with E-state index in [1.807, 2.05) is 18.2 Å². The molecule has 25 heavy (non-hydrogen) atoms. The summed E-state index contributed by atoms with van der Waals surface area (Å²) in [6.07, 6.45) is 1.63. The molecule has 7 nitrogen and oxygen atoms in total. The fourth-order valence-electron chi connectivity index (χ4n) is 2.93. The number of piperidine rings is 1. The number of aromatic nitrogens is 2. The summed E-state index contributed by atoms with van der Waals surface area (Å²) in [6.45, 7) is 1.14. The van der Waals surface area contributed by atoms with E-state index in [0.717, 1.165) is 17.5 Å². The van der Waals surface area contributed by atoms with Gasteiger partial charge >= 0.3 is 0 Å². The Bertz CT molecular complexity index is 832. The number of aryl methyl sites for hydroxylation is 1. The smallest absolute Gasteiger partial charge is 0.272 e. The number of likely N-dealkylation sites (tertiary alicyclic amines) is 1. The molecule has 0 radical (unpaired) electrons. The third-order valence-corrected chi connectivity index (χ3v) is 4.26. The molecule has 1 N–H and O–H groups in total. The fourth-order valence-corrected chi connectivity index (χ4v) is 2.93. The first-order valence-electron chi connectivity index (χ1n) is 8.24. The highest BCUT2D eigenvalue weighted by atomic mass is 16.2. The molecule has 7 heteroatoms. The van der Waals surface area contributed by atoms with E-state index in [-0.39, 0.29) is 29.1 Å². The van der Waals surface area contributed by atoms with E-state index >= 15 is 0 Å². The Morgan fingerprint density at radius 1 is 1.16 bits per heavy atom. The van der Waals surface area contributed by atoms with Crippen LogP contribution in [-0.2, 0) is 7.05 Å². The number of benzene rings is 1. The van der Waals surface area contributed by atoms with Gasteiger partial charge in [-0.25, -0.2) is 4.68 Å². The maximum atomic E-state index is 12.5. The third-order valence-electron chi connectivity index (χ3n) is 4.26. The van der Waals surface area contributed by atoms with Gasteiger partial charge in [0.1, 0.15) is 5.69 Å². The predicted octanol–water partition coefficient (Wildman–Crippen LogP) is 0.815. The highest BCUT2D eigenvalue weighted by molar-refractivity contribution is 5.94. The van der Waals surface area contributed by atoms with Gasteiger partial charge in [-0.3, -0.25) is 14.4 Å². The van der Waals surface area contributed by atoms with Crippen molar-refractivity contribution in [2.75, 3.05) is 13.1 Å². The Labute approximate surface area is 145 Å². The van der Waals surface area contributed by atoms with Crippen molar-refractivity contribution in [1.29, 1.82) is 0 Å². The number of hydrogen-bond donors (Lipinski definition) is 1. The van der Waals surface area contributed by atoms with E-state index in [1.54, 1.807) is 17.0 Å². The summed E-state index contributed by atoms with van der Waals surface area (Å²) in [5.74, 6) is -0.366. The molecule has 130 valence electrons. The molecule has 3 rings (SSSR count).